The summed E-state index contributed by atoms with van der Waals surface area (Å²) in [5.41, 5.74) is -1.86. The van der Waals surface area contributed by atoms with Gasteiger partial charge in [0.2, 0.25) is 15.5 Å². The first-order chi connectivity index (χ1) is 18.1. The molecule has 0 saturated heterocycles. The van der Waals surface area contributed by atoms with Gasteiger partial charge in [0.1, 0.15) is 11.5 Å². The molecule has 2 aromatic heterocycles. The summed E-state index contributed by atoms with van der Waals surface area (Å²) in [6, 6.07) is 18.9. The van der Waals surface area contributed by atoms with E-state index in [0.717, 1.165) is 15.0 Å². The van der Waals surface area contributed by atoms with Crippen molar-refractivity contribution in [2.45, 2.75) is 24.0 Å². The van der Waals surface area contributed by atoms with Gasteiger partial charge in [-0.05, 0) is 42.8 Å². The second-order valence-corrected chi connectivity index (χ2v) is 10.3. The monoisotopic (exact) mass is 540 g/mol. The van der Waals surface area contributed by atoms with E-state index in [4.69, 9.17) is 4.74 Å². The van der Waals surface area contributed by atoms with Crippen LogP contribution in [0.4, 0.5) is 13.2 Å². The van der Waals surface area contributed by atoms with Crippen molar-refractivity contribution < 1.29 is 26.3 Å². The predicted octanol–water partition coefficient (Wildman–Crippen LogP) is 4.97. The van der Waals surface area contributed by atoms with Gasteiger partial charge in [0, 0.05) is 18.0 Å². The third-order valence-electron chi connectivity index (χ3n) is 5.88. The van der Waals surface area contributed by atoms with Crippen LogP contribution in [-0.2, 0) is 21.8 Å². The maximum atomic E-state index is 13.4. The zero-order chi connectivity index (χ0) is 27.1. The third-order valence-corrected chi connectivity index (χ3v) is 7.40. The first-order valence-electron chi connectivity index (χ1n) is 11.2. The lowest BCUT2D eigenvalue weighted by atomic mass is 10.1. The summed E-state index contributed by atoms with van der Waals surface area (Å²) >= 11 is 0. The van der Waals surface area contributed by atoms with Crippen molar-refractivity contribution >= 4 is 15.5 Å². The normalized spacial score (nSPS) is 12.1. The number of hydrogen-bond acceptors (Lipinski definition) is 6. The Labute approximate surface area is 214 Å². The number of benzene rings is 3. The lowest BCUT2D eigenvalue weighted by molar-refractivity contribution is -0.138. The van der Waals surface area contributed by atoms with Crippen molar-refractivity contribution in [1.29, 1.82) is 0 Å². The number of rotatable bonds is 6. The van der Waals surface area contributed by atoms with Gasteiger partial charge in [-0.15, -0.1) is 10.2 Å². The van der Waals surface area contributed by atoms with E-state index in [0.29, 0.717) is 17.1 Å². The Morgan fingerprint density at radius 2 is 1.61 bits per heavy atom. The molecule has 0 bridgehead atoms. The number of halogens is 3. The molecule has 0 saturated carbocycles. The third kappa shape index (κ3) is 4.65. The predicted molar refractivity (Wildman–Crippen MR) is 132 cm³/mol. The highest BCUT2D eigenvalue weighted by Crippen LogP contribution is 2.34. The second-order valence-electron chi connectivity index (χ2n) is 8.38. The molecule has 0 fully saturated rings. The number of para-hydroxylation sites is 2. The van der Waals surface area contributed by atoms with Gasteiger partial charge in [-0.2, -0.15) is 13.2 Å². The maximum absolute atomic E-state index is 13.4. The second kappa shape index (κ2) is 9.45. The van der Waals surface area contributed by atoms with Crippen molar-refractivity contribution in [3.8, 4) is 17.2 Å². The van der Waals surface area contributed by atoms with E-state index in [2.05, 4.69) is 10.2 Å². The van der Waals surface area contributed by atoms with Gasteiger partial charge in [0.05, 0.1) is 17.0 Å². The quantitative estimate of drug-likeness (QED) is 0.302. The molecule has 5 aromatic rings. The Balaban J connectivity index is 1.52. The Morgan fingerprint density at radius 1 is 0.895 bits per heavy atom. The first-order valence-corrected chi connectivity index (χ1v) is 12.9. The Hall–Kier alpha value is -4.45. The van der Waals surface area contributed by atoms with Gasteiger partial charge < -0.3 is 4.74 Å². The number of ether oxygens (including phenoxy) is 1. The van der Waals surface area contributed by atoms with E-state index in [1.165, 1.54) is 31.5 Å². The summed E-state index contributed by atoms with van der Waals surface area (Å²) in [5.74, 6) is 0.362. The van der Waals surface area contributed by atoms with Crippen LogP contribution in [0.5, 0.6) is 11.5 Å². The summed E-state index contributed by atoms with van der Waals surface area (Å²) in [6.07, 6.45) is -2.19. The van der Waals surface area contributed by atoms with Gasteiger partial charge in [0.15, 0.2) is 0 Å². The number of alkyl halides is 3. The molecule has 5 rings (SSSR count). The molecule has 38 heavy (non-hydrogen) atoms. The Bertz CT molecular complexity index is 1810. The van der Waals surface area contributed by atoms with Crippen molar-refractivity contribution in [1.82, 2.24) is 19.2 Å². The Kier molecular flexibility index (Phi) is 6.27. The number of hydrogen-bond donors (Lipinski definition) is 0. The fourth-order valence-corrected chi connectivity index (χ4v) is 5.46. The van der Waals surface area contributed by atoms with Crippen LogP contribution in [0.2, 0.25) is 0 Å². The summed E-state index contributed by atoms with van der Waals surface area (Å²) in [7, 11) is -4.13. The number of fused-ring (bicyclic) bond motifs is 1. The molecule has 0 unspecified atom stereocenters. The molecule has 8 nitrogen and oxygen atoms in total. The first kappa shape index (κ1) is 25.2. The molecular formula is C26H19F3N4O4S. The number of nitrogens with zero attached hydrogens (tertiary/aromatic N) is 4. The van der Waals surface area contributed by atoms with Crippen molar-refractivity contribution in [2.75, 3.05) is 0 Å². The molecule has 0 aliphatic heterocycles. The topological polar surface area (TPSA) is 95.6 Å². The van der Waals surface area contributed by atoms with E-state index >= 15 is 0 Å². The van der Waals surface area contributed by atoms with Gasteiger partial charge >= 0.3 is 11.7 Å². The van der Waals surface area contributed by atoms with E-state index < -0.39 is 38.0 Å². The average Bonchev–Trinajstić information content (AvgIpc) is 3.32. The number of aromatic nitrogens is 4. The molecule has 12 heteroatoms. The minimum absolute atomic E-state index is 0.00767. The van der Waals surface area contributed by atoms with Crippen LogP contribution in [0, 0.1) is 6.92 Å². The van der Waals surface area contributed by atoms with Gasteiger partial charge in [0.25, 0.3) is 5.16 Å². The van der Waals surface area contributed by atoms with Crippen LogP contribution >= 0.6 is 0 Å². The van der Waals surface area contributed by atoms with E-state index in [1.54, 1.807) is 48.5 Å². The SMILES string of the molecule is Cc1c(-n2ccn3c(S(=O)(=O)Cc4ccccc4Oc4ccccc4)nnc3c2=O)cccc1C(F)(F)F. The molecule has 2 heterocycles. The van der Waals surface area contributed by atoms with Gasteiger partial charge in [-0.1, -0.05) is 42.5 Å². The molecule has 0 amide bonds. The molecule has 0 radical (unpaired) electrons. The van der Waals surface area contributed by atoms with E-state index in [-0.39, 0.29) is 16.9 Å². The van der Waals surface area contributed by atoms with Crippen LogP contribution in [0.3, 0.4) is 0 Å². The lowest BCUT2D eigenvalue weighted by Gasteiger charge is -2.15. The van der Waals surface area contributed by atoms with E-state index in [1.807, 2.05) is 6.07 Å². The van der Waals surface area contributed by atoms with Crippen molar-refractivity contribution in [3.05, 3.63) is 112 Å². The molecular weight excluding hydrogens is 521 g/mol. The largest absolute Gasteiger partial charge is 0.457 e. The van der Waals surface area contributed by atoms with Crippen LogP contribution < -0.4 is 10.3 Å². The summed E-state index contributed by atoms with van der Waals surface area (Å²) in [4.78, 5) is 13.1. The van der Waals surface area contributed by atoms with E-state index in [9.17, 15) is 26.4 Å². The molecule has 0 spiro atoms. The average molecular weight is 541 g/mol. The number of sulfone groups is 1. The molecule has 3 aromatic carbocycles. The highest BCUT2D eigenvalue weighted by atomic mass is 32.2. The van der Waals surface area contributed by atoms with Crippen LogP contribution in [0.25, 0.3) is 11.3 Å². The molecule has 0 aliphatic rings. The zero-order valence-corrected chi connectivity index (χ0v) is 20.6. The highest BCUT2D eigenvalue weighted by molar-refractivity contribution is 7.90. The minimum Gasteiger partial charge on any atom is -0.457 e. The Morgan fingerprint density at radius 3 is 2.34 bits per heavy atom. The fourth-order valence-electron chi connectivity index (χ4n) is 4.07. The van der Waals surface area contributed by atoms with Crippen LogP contribution in [0.1, 0.15) is 16.7 Å². The fraction of sp³-hybridized carbons (Fsp3) is 0.115. The molecule has 0 N–H and O–H groups in total. The molecule has 0 atom stereocenters. The summed E-state index contributed by atoms with van der Waals surface area (Å²) in [5, 5.41) is 7.01. The van der Waals surface area contributed by atoms with Crippen LogP contribution in [-0.4, -0.2) is 27.6 Å². The van der Waals surface area contributed by atoms with Crippen LogP contribution in [0.15, 0.2) is 95.1 Å². The summed E-state index contributed by atoms with van der Waals surface area (Å²) in [6.45, 7) is 1.25. The highest BCUT2D eigenvalue weighted by Gasteiger charge is 2.33. The zero-order valence-electron chi connectivity index (χ0n) is 19.8. The summed E-state index contributed by atoms with van der Waals surface area (Å²) < 4.78 is 74.6. The molecule has 194 valence electrons. The maximum Gasteiger partial charge on any atom is 0.416 e. The minimum atomic E-state index is -4.61. The van der Waals surface area contributed by atoms with Gasteiger partial charge in [-0.3, -0.25) is 13.8 Å². The van der Waals surface area contributed by atoms with Gasteiger partial charge in [-0.25, -0.2) is 8.42 Å². The smallest absolute Gasteiger partial charge is 0.416 e. The lowest BCUT2D eigenvalue weighted by Crippen LogP contribution is -2.22. The standard InChI is InChI=1S/C26H19F3N4O4S/c1-17-20(26(27,28)29)11-7-12-21(17)32-14-15-33-23(24(32)34)30-31-25(33)38(35,36)16-18-8-5-6-13-22(18)37-19-9-3-2-4-10-19/h2-15H,16H2,1H3. The molecule has 0 aliphatic carbocycles. The van der Waals surface area contributed by atoms with Crippen molar-refractivity contribution in [2.24, 2.45) is 0 Å². The van der Waals surface area contributed by atoms with Crippen molar-refractivity contribution in [3.63, 3.8) is 0 Å².